The van der Waals surface area contributed by atoms with Crippen LogP contribution in [0.25, 0.3) is 11.2 Å². The van der Waals surface area contributed by atoms with Crippen molar-refractivity contribution in [2.24, 2.45) is 0 Å². The Morgan fingerprint density at radius 3 is 2.62 bits per heavy atom. The average molecular weight is 571 g/mol. The first-order chi connectivity index (χ1) is 18.6. The highest BCUT2D eigenvalue weighted by Crippen LogP contribution is 2.28. The second-order valence-electron chi connectivity index (χ2n) is 9.71. The number of nitrogens with one attached hydrogen (secondary N) is 2. The van der Waals surface area contributed by atoms with E-state index in [-0.39, 0.29) is 15.7 Å². The molecule has 5 rings (SSSR count). The number of hydrogen-bond acceptors (Lipinski definition) is 11. The first-order valence-electron chi connectivity index (χ1n) is 12.5. The number of anilines is 3. The van der Waals surface area contributed by atoms with Gasteiger partial charge in [-0.1, -0.05) is 23.5 Å². The Morgan fingerprint density at radius 1 is 1.21 bits per heavy atom. The molecule has 14 heteroatoms. The normalized spacial score (nSPS) is 16.1. The number of thiazole rings is 1. The lowest BCUT2D eigenvalue weighted by molar-refractivity contribution is 0.0701. The molecule has 3 aromatic heterocycles. The molecule has 39 heavy (non-hydrogen) atoms. The van der Waals surface area contributed by atoms with Crippen LogP contribution >= 0.6 is 11.3 Å². The number of carboxylic acid groups (broad SMARTS) is 1. The zero-order valence-corrected chi connectivity index (χ0v) is 23.5. The first-order valence-corrected chi connectivity index (χ1v) is 15.2. The number of carboxylic acids is 1. The van der Waals surface area contributed by atoms with E-state index in [1.807, 2.05) is 4.57 Å². The Balaban J connectivity index is 1.45. The molecule has 1 fully saturated rings. The second kappa shape index (κ2) is 10.9. The predicted octanol–water partition coefficient (Wildman–Crippen LogP) is 3.38. The Bertz CT molecular complexity index is 1610. The number of likely N-dealkylation sites (tertiary alicyclic amines) is 1. The maximum Gasteiger partial charge on any atom is 0.347 e. The SMILES string of the molecule is Cc1nc(Nc2nc(NCCC3CCCN3C)c3ncn(Cc4ccc(S(C)(=O)=O)cc4)c3n2)sc1C(=O)O. The zero-order chi connectivity index (χ0) is 27.7. The number of fused-ring (bicyclic) bond motifs is 1. The van der Waals surface area contributed by atoms with Crippen LogP contribution in [-0.2, 0) is 16.4 Å². The zero-order valence-electron chi connectivity index (χ0n) is 21.9. The highest BCUT2D eigenvalue weighted by molar-refractivity contribution is 7.90. The van der Waals surface area contributed by atoms with E-state index in [1.54, 1.807) is 37.5 Å². The van der Waals surface area contributed by atoms with Crippen LogP contribution in [-0.4, -0.2) is 81.3 Å². The summed E-state index contributed by atoms with van der Waals surface area (Å²) in [5.41, 5.74) is 2.48. The Morgan fingerprint density at radius 2 is 1.97 bits per heavy atom. The highest BCUT2D eigenvalue weighted by Gasteiger charge is 2.21. The van der Waals surface area contributed by atoms with Crippen LogP contribution < -0.4 is 10.6 Å². The number of nitrogens with zero attached hydrogens (tertiary/aromatic N) is 6. The average Bonchev–Trinajstić information content (AvgIpc) is 3.58. The van der Waals surface area contributed by atoms with Crippen LogP contribution in [0.15, 0.2) is 35.5 Å². The Kier molecular flexibility index (Phi) is 7.51. The monoisotopic (exact) mass is 570 g/mol. The van der Waals surface area contributed by atoms with E-state index in [4.69, 9.17) is 0 Å². The molecule has 3 N–H and O–H groups in total. The molecule has 1 saturated heterocycles. The van der Waals surface area contributed by atoms with Gasteiger partial charge in [0.25, 0.3) is 0 Å². The first kappa shape index (κ1) is 27.0. The van der Waals surface area contributed by atoms with E-state index in [9.17, 15) is 18.3 Å². The summed E-state index contributed by atoms with van der Waals surface area (Å²) in [6.45, 7) is 3.88. The molecular weight excluding hydrogens is 540 g/mol. The van der Waals surface area contributed by atoms with Crippen LogP contribution in [0.4, 0.5) is 16.9 Å². The van der Waals surface area contributed by atoms with E-state index in [0.717, 1.165) is 29.9 Å². The molecule has 1 aliphatic rings. The van der Waals surface area contributed by atoms with Crippen LogP contribution in [0.2, 0.25) is 0 Å². The van der Waals surface area contributed by atoms with Crippen molar-refractivity contribution < 1.29 is 18.3 Å². The molecule has 0 saturated carbocycles. The van der Waals surface area contributed by atoms with Crippen LogP contribution in [0.1, 0.15) is 40.2 Å². The summed E-state index contributed by atoms with van der Waals surface area (Å²) in [4.78, 5) is 32.5. The van der Waals surface area contributed by atoms with Gasteiger partial charge in [-0.05, 0) is 57.5 Å². The van der Waals surface area contributed by atoms with Gasteiger partial charge >= 0.3 is 5.97 Å². The molecule has 0 radical (unpaired) electrons. The van der Waals surface area contributed by atoms with Crippen molar-refractivity contribution in [2.75, 3.05) is 37.0 Å². The van der Waals surface area contributed by atoms with Crippen molar-refractivity contribution in [1.29, 1.82) is 0 Å². The molecule has 0 spiro atoms. The molecule has 1 atom stereocenters. The van der Waals surface area contributed by atoms with Crippen molar-refractivity contribution >= 4 is 55.2 Å². The van der Waals surface area contributed by atoms with Crippen LogP contribution in [0.3, 0.4) is 0 Å². The van der Waals surface area contributed by atoms with Crippen molar-refractivity contribution in [3.05, 3.63) is 46.7 Å². The van der Waals surface area contributed by atoms with E-state index >= 15 is 0 Å². The molecule has 12 nitrogen and oxygen atoms in total. The Hall–Kier alpha value is -3.62. The number of aromatic carboxylic acids is 1. The van der Waals surface area contributed by atoms with Crippen LogP contribution in [0, 0.1) is 6.92 Å². The van der Waals surface area contributed by atoms with Gasteiger partial charge < -0.3 is 19.9 Å². The number of carbonyl (C=O) groups is 1. The minimum Gasteiger partial charge on any atom is -0.477 e. The van der Waals surface area contributed by atoms with E-state index in [2.05, 4.69) is 42.5 Å². The van der Waals surface area contributed by atoms with Crippen molar-refractivity contribution in [1.82, 2.24) is 29.4 Å². The third-order valence-corrected chi connectivity index (χ3v) is 9.01. The lowest BCUT2D eigenvalue weighted by Gasteiger charge is -2.19. The fourth-order valence-electron chi connectivity index (χ4n) is 4.72. The lowest BCUT2D eigenvalue weighted by Crippen LogP contribution is -2.27. The topological polar surface area (TPSA) is 155 Å². The number of imidazole rings is 1. The molecule has 0 amide bonds. The van der Waals surface area contributed by atoms with Gasteiger partial charge in [-0.15, -0.1) is 0 Å². The largest absolute Gasteiger partial charge is 0.477 e. The number of rotatable bonds is 10. The number of sulfone groups is 1. The summed E-state index contributed by atoms with van der Waals surface area (Å²) in [5.74, 6) is -0.197. The van der Waals surface area contributed by atoms with E-state index < -0.39 is 15.8 Å². The summed E-state index contributed by atoms with van der Waals surface area (Å²) in [7, 11) is -1.14. The summed E-state index contributed by atoms with van der Waals surface area (Å²) < 4.78 is 25.5. The maximum atomic E-state index is 11.8. The van der Waals surface area contributed by atoms with E-state index in [1.165, 1.54) is 19.1 Å². The second-order valence-corrected chi connectivity index (χ2v) is 12.7. The van der Waals surface area contributed by atoms with Gasteiger partial charge in [0.05, 0.1) is 23.5 Å². The third kappa shape index (κ3) is 6.02. The van der Waals surface area contributed by atoms with Crippen molar-refractivity contribution in [2.45, 2.75) is 43.7 Å². The molecule has 206 valence electrons. The van der Waals surface area contributed by atoms with Gasteiger partial charge in [0.15, 0.2) is 32.0 Å². The molecule has 4 heterocycles. The van der Waals surface area contributed by atoms with Gasteiger partial charge in [0.1, 0.15) is 4.88 Å². The summed E-state index contributed by atoms with van der Waals surface area (Å²) in [6, 6.07) is 7.23. The number of aryl methyl sites for hydroxylation is 1. The van der Waals surface area contributed by atoms with Gasteiger partial charge in [-0.25, -0.2) is 23.2 Å². The number of aromatic nitrogens is 5. The van der Waals surface area contributed by atoms with Gasteiger partial charge in [0.2, 0.25) is 5.95 Å². The predicted molar refractivity (Wildman–Crippen MR) is 150 cm³/mol. The van der Waals surface area contributed by atoms with Crippen molar-refractivity contribution in [3.8, 4) is 0 Å². The molecule has 1 unspecified atom stereocenters. The minimum atomic E-state index is -3.28. The molecule has 4 aromatic rings. The van der Waals surface area contributed by atoms with Crippen LogP contribution in [0.5, 0.6) is 0 Å². The lowest BCUT2D eigenvalue weighted by atomic mass is 10.1. The Labute approximate surface area is 230 Å². The maximum absolute atomic E-state index is 11.8. The number of benzene rings is 1. The fraction of sp³-hybridized carbons (Fsp3) is 0.400. The fourth-order valence-corrected chi connectivity index (χ4v) is 6.15. The summed E-state index contributed by atoms with van der Waals surface area (Å²) in [6.07, 6.45) is 6.20. The highest BCUT2D eigenvalue weighted by atomic mass is 32.2. The third-order valence-electron chi connectivity index (χ3n) is 6.82. The molecular formula is C25H30N8O4S2. The summed E-state index contributed by atoms with van der Waals surface area (Å²) >= 11 is 1.02. The van der Waals surface area contributed by atoms with Gasteiger partial charge in [-0.3, -0.25) is 5.32 Å². The molecule has 0 bridgehead atoms. The smallest absolute Gasteiger partial charge is 0.347 e. The number of hydrogen-bond donors (Lipinski definition) is 3. The quantitative estimate of drug-likeness (QED) is 0.257. The minimum absolute atomic E-state index is 0.153. The molecule has 1 aromatic carbocycles. The summed E-state index contributed by atoms with van der Waals surface area (Å²) in [5, 5.41) is 16.3. The van der Waals surface area contributed by atoms with Gasteiger partial charge in [0, 0.05) is 18.8 Å². The standard InChI is InChI=1S/C25H30N8O4S2/c1-15-20(23(34)35)38-25(28-15)31-24-29-21(26-11-10-17-5-4-12-32(17)2)19-22(30-24)33(14-27-19)13-16-6-8-18(9-7-16)39(3,36)37/h6-9,14,17H,4-5,10-13H2,1-3H3,(H,34,35)(H2,26,28,29,30,31). The van der Waals surface area contributed by atoms with Gasteiger partial charge in [-0.2, -0.15) is 9.97 Å². The molecule has 0 aliphatic carbocycles. The van der Waals surface area contributed by atoms with Crippen molar-refractivity contribution in [3.63, 3.8) is 0 Å². The van der Waals surface area contributed by atoms with E-state index in [0.29, 0.717) is 46.9 Å². The molecule has 1 aliphatic heterocycles.